The Bertz CT molecular complexity index is 589. The van der Waals surface area contributed by atoms with Gasteiger partial charge in [-0.15, -0.1) is 0 Å². The first-order valence-electron chi connectivity index (χ1n) is 5.85. The minimum atomic E-state index is -2.88. The fraction of sp³-hybridized carbons (Fsp3) is 0.231. The number of aromatic nitrogens is 2. The lowest BCUT2D eigenvalue weighted by Gasteiger charge is -2.07. The summed E-state index contributed by atoms with van der Waals surface area (Å²) in [6, 6.07) is 5.46. The summed E-state index contributed by atoms with van der Waals surface area (Å²) >= 11 is 0. The van der Waals surface area contributed by atoms with Gasteiger partial charge in [-0.05, 0) is 38.1 Å². The Morgan fingerprint density at radius 2 is 1.95 bits per heavy atom. The van der Waals surface area contributed by atoms with Crippen LogP contribution in [0.2, 0.25) is 0 Å². The summed E-state index contributed by atoms with van der Waals surface area (Å²) in [5.74, 6) is -0.339. The number of carbonyl (C=O) groups excluding carboxylic acids is 1. The second-order valence-corrected chi connectivity index (χ2v) is 4.17. The molecule has 2 aromatic rings. The molecule has 7 heteroatoms. The molecule has 0 unspecified atom stereocenters. The molecule has 0 saturated heterocycles. The molecule has 0 spiro atoms. The van der Waals surface area contributed by atoms with Crippen LogP contribution in [0.1, 0.15) is 21.7 Å². The van der Waals surface area contributed by atoms with Gasteiger partial charge in [0.1, 0.15) is 5.75 Å². The topological polar surface area (TPSA) is 67.0 Å². The van der Waals surface area contributed by atoms with E-state index in [-0.39, 0.29) is 11.7 Å². The zero-order chi connectivity index (χ0) is 14.7. The van der Waals surface area contributed by atoms with Crippen molar-refractivity contribution in [1.29, 1.82) is 0 Å². The van der Waals surface area contributed by atoms with Gasteiger partial charge in [0.2, 0.25) is 0 Å². The van der Waals surface area contributed by atoms with Gasteiger partial charge in [-0.2, -0.15) is 13.9 Å². The van der Waals surface area contributed by atoms with Crippen molar-refractivity contribution in [2.24, 2.45) is 0 Å². The molecule has 0 aliphatic heterocycles. The average molecular weight is 281 g/mol. The van der Waals surface area contributed by atoms with E-state index in [1.165, 1.54) is 24.3 Å². The molecular weight excluding hydrogens is 268 g/mol. The van der Waals surface area contributed by atoms with E-state index in [1.807, 2.05) is 0 Å². The van der Waals surface area contributed by atoms with Gasteiger partial charge in [0.25, 0.3) is 5.91 Å². The van der Waals surface area contributed by atoms with Crippen molar-refractivity contribution < 1.29 is 18.3 Å². The SMILES string of the molecule is Cc1n[nH]c(C)c1NC(=O)c1ccc(OC(F)F)cc1. The summed E-state index contributed by atoms with van der Waals surface area (Å²) in [6.07, 6.45) is 0. The number of rotatable bonds is 4. The van der Waals surface area contributed by atoms with Gasteiger partial charge < -0.3 is 10.1 Å². The molecule has 0 bridgehead atoms. The molecule has 2 N–H and O–H groups in total. The number of amides is 1. The zero-order valence-electron chi connectivity index (χ0n) is 10.9. The molecule has 0 saturated carbocycles. The lowest BCUT2D eigenvalue weighted by molar-refractivity contribution is -0.0498. The molecule has 2 rings (SSSR count). The molecule has 1 heterocycles. The first-order chi connectivity index (χ1) is 9.47. The number of H-pyrrole nitrogens is 1. The zero-order valence-corrected chi connectivity index (χ0v) is 10.9. The maximum atomic E-state index is 12.0. The van der Waals surface area contributed by atoms with Gasteiger partial charge in [0, 0.05) is 5.56 Å². The minimum Gasteiger partial charge on any atom is -0.435 e. The molecule has 20 heavy (non-hydrogen) atoms. The molecule has 0 aliphatic rings. The van der Waals surface area contributed by atoms with Crippen LogP contribution >= 0.6 is 0 Å². The number of aryl methyl sites for hydroxylation is 2. The summed E-state index contributed by atoms with van der Waals surface area (Å²) < 4.78 is 28.2. The molecular formula is C13H13F2N3O2. The smallest absolute Gasteiger partial charge is 0.387 e. The van der Waals surface area contributed by atoms with E-state index in [0.717, 1.165) is 5.69 Å². The number of carbonyl (C=O) groups is 1. The van der Waals surface area contributed by atoms with Crippen molar-refractivity contribution in [2.75, 3.05) is 5.32 Å². The summed E-state index contributed by atoms with van der Waals surface area (Å²) in [4.78, 5) is 12.0. The second kappa shape index (κ2) is 5.68. The number of nitrogens with zero attached hydrogens (tertiary/aromatic N) is 1. The van der Waals surface area contributed by atoms with Crippen molar-refractivity contribution in [1.82, 2.24) is 10.2 Å². The third kappa shape index (κ3) is 3.11. The molecule has 106 valence electrons. The van der Waals surface area contributed by atoms with Crippen LogP contribution in [-0.2, 0) is 0 Å². The highest BCUT2D eigenvalue weighted by atomic mass is 19.3. The third-order valence-electron chi connectivity index (χ3n) is 2.71. The Labute approximate surface area is 114 Å². The number of alkyl halides is 2. The predicted octanol–water partition coefficient (Wildman–Crippen LogP) is 2.88. The highest BCUT2D eigenvalue weighted by Gasteiger charge is 2.12. The maximum Gasteiger partial charge on any atom is 0.387 e. The van der Waals surface area contributed by atoms with Crippen LogP contribution in [0.3, 0.4) is 0 Å². The van der Waals surface area contributed by atoms with Crippen molar-refractivity contribution >= 4 is 11.6 Å². The molecule has 1 amide bonds. The molecule has 5 nitrogen and oxygen atoms in total. The van der Waals surface area contributed by atoms with E-state index in [9.17, 15) is 13.6 Å². The number of nitrogens with one attached hydrogen (secondary N) is 2. The van der Waals surface area contributed by atoms with Crippen LogP contribution in [-0.4, -0.2) is 22.7 Å². The lowest BCUT2D eigenvalue weighted by atomic mass is 10.2. The Morgan fingerprint density at radius 1 is 1.30 bits per heavy atom. The number of anilines is 1. The second-order valence-electron chi connectivity index (χ2n) is 4.17. The highest BCUT2D eigenvalue weighted by molar-refractivity contribution is 6.04. The quantitative estimate of drug-likeness (QED) is 0.905. The van der Waals surface area contributed by atoms with E-state index in [0.29, 0.717) is 16.9 Å². The molecule has 0 atom stereocenters. The minimum absolute atomic E-state index is 0.00669. The highest BCUT2D eigenvalue weighted by Crippen LogP contribution is 2.19. The number of halogens is 2. The van der Waals surface area contributed by atoms with Crippen LogP contribution < -0.4 is 10.1 Å². The largest absolute Gasteiger partial charge is 0.435 e. The van der Waals surface area contributed by atoms with Crippen LogP contribution in [0.5, 0.6) is 5.75 Å². The van der Waals surface area contributed by atoms with E-state index in [4.69, 9.17) is 0 Å². The average Bonchev–Trinajstić information content (AvgIpc) is 2.70. The molecule has 1 aromatic carbocycles. The van der Waals surface area contributed by atoms with E-state index in [2.05, 4.69) is 20.3 Å². The van der Waals surface area contributed by atoms with Crippen molar-refractivity contribution in [2.45, 2.75) is 20.5 Å². The first kappa shape index (κ1) is 14.0. The van der Waals surface area contributed by atoms with Crippen LogP contribution in [0.15, 0.2) is 24.3 Å². The molecule has 0 aliphatic carbocycles. The monoisotopic (exact) mass is 281 g/mol. The summed E-state index contributed by atoms with van der Waals surface area (Å²) in [5.41, 5.74) is 2.37. The number of hydrogen-bond donors (Lipinski definition) is 2. The fourth-order valence-electron chi connectivity index (χ4n) is 1.71. The predicted molar refractivity (Wildman–Crippen MR) is 69.1 cm³/mol. The summed E-state index contributed by atoms with van der Waals surface area (Å²) in [7, 11) is 0. The number of ether oxygens (including phenoxy) is 1. The first-order valence-corrected chi connectivity index (χ1v) is 5.85. The molecule has 0 radical (unpaired) electrons. The Hall–Kier alpha value is -2.44. The fourth-order valence-corrected chi connectivity index (χ4v) is 1.71. The van der Waals surface area contributed by atoms with Crippen LogP contribution in [0.25, 0.3) is 0 Å². The van der Waals surface area contributed by atoms with Crippen LogP contribution in [0, 0.1) is 13.8 Å². The van der Waals surface area contributed by atoms with Gasteiger partial charge in [-0.1, -0.05) is 0 Å². The Balaban J connectivity index is 2.10. The van der Waals surface area contributed by atoms with Gasteiger partial charge in [-0.25, -0.2) is 0 Å². The Kier molecular flexibility index (Phi) is 3.97. The van der Waals surface area contributed by atoms with Crippen molar-refractivity contribution in [3.8, 4) is 5.75 Å². The standard InChI is InChI=1S/C13H13F2N3O2/c1-7-11(8(2)18-17-7)16-12(19)9-3-5-10(6-4-9)20-13(14)15/h3-6,13H,1-2H3,(H,16,19)(H,17,18). The normalized spacial score (nSPS) is 10.7. The maximum absolute atomic E-state index is 12.0. The number of benzene rings is 1. The number of aromatic amines is 1. The van der Waals surface area contributed by atoms with Crippen molar-refractivity contribution in [3.05, 3.63) is 41.2 Å². The van der Waals surface area contributed by atoms with Gasteiger partial charge in [0.15, 0.2) is 0 Å². The van der Waals surface area contributed by atoms with E-state index in [1.54, 1.807) is 13.8 Å². The van der Waals surface area contributed by atoms with E-state index < -0.39 is 6.61 Å². The Morgan fingerprint density at radius 3 is 2.45 bits per heavy atom. The summed E-state index contributed by atoms with van der Waals surface area (Å²) in [6.45, 7) is 0.666. The molecule has 1 aromatic heterocycles. The lowest BCUT2D eigenvalue weighted by Crippen LogP contribution is -2.13. The van der Waals surface area contributed by atoms with Crippen LogP contribution in [0.4, 0.5) is 14.5 Å². The third-order valence-corrected chi connectivity index (χ3v) is 2.71. The van der Waals surface area contributed by atoms with Crippen molar-refractivity contribution in [3.63, 3.8) is 0 Å². The number of hydrogen-bond acceptors (Lipinski definition) is 3. The van der Waals surface area contributed by atoms with E-state index >= 15 is 0 Å². The summed E-state index contributed by atoms with van der Waals surface area (Å²) in [5, 5.41) is 9.44. The van der Waals surface area contributed by atoms with Gasteiger partial charge in [0.05, 0.1) is 17.1 Å². The molecule has 0 fully saturated rings. The van der Waals surface area contributed by atoms with Gasteiger partial charge >= 0.3 is 6.61 Å². The van der Waals surface area contributed by atoms with Gasteiger partial charge in [-0.3, -0.25) is 9.89 Å².